The van der Waals surface area contributed by atoms with E-state index in [4.69, 9.17) is 5.73 Å². The average Bonchev–Trinajstić information content (AvgIpc) is 2.26. The molecule has 0 aromatic carbocycles. The van der Waals surface area contributed by atoms with Crippen molar-refractivity contribution in [2.45, 2.75) is 32.7 Å². The van der Waals surface area contributed by atoms with E-state index in [1.165, 1.54) is 0 Å². The molecule has 0 saturated carbocycles. The highest BCUT2D eigenvalue weighted by Crippen LogP contribution is 2.13. The number of nitrogens with zero attached hydrogens (tertiary/aromatic N) is 1. The fraction of sp³-hybridized carbons (Fsp3) is 0.909. The van der Waals surface area contributed by atoms with Gasteiger partial charge in [0.05, 0.1) is 5.92 Å². The van der Waals surface area contributed by atoms with Crippen molar-refractivity contribution in [2.75, 3.05) is 25.6 Å². The van der Waals surface area contributed by atoms with Gasteiger partial charge in [-0.3, -0.25) is 4.79 Å². The van der Waals surface area contributed by atoms with E-state index in [0.717, 1.165) is 18.6 Å². The third-order valence-electron chi connectivity index (χ3n) is 2.85. The maximum atomic E-state index is 12.0. The molecule has 90 valence electrons. The summed E-state index contributed by atoms with van der Waals surface area (Å²) in [5.41, 5.74) is 5.58. The van der Waals surface area contributed by atoms with Gasteiger partial charge in [-0.25, -0.2) is 0 Å². The molecule has 4 heteroatoms. The number of hydrogen-bond donors (Lipinski definition) is 1. The van der Waals surface area contributed by atoms with E-state index >= 15 is 0 Å². The SMILES string of the molecule is CCC(CN)C(=O)N(C)C(CC)CSC. The van der Waals surface area contributed by atoms with Crippen LogP contribution >= 0.6 is 11.8 Å². The molecular formula is C11H24N2OS. The van der Waals surface area contributed by atoms with E-state index in [-0.39, 0.29) is 11.8 Å². The lowest BCUT2D eigenvalue weighted by atomic mass is 10.0. The number of hydrogen-bond acceptors (Lipinski definition) is 3. The molecule has 0 aliphatic heterocycles. The number of thioether (sulfide) groups is 1. The first-order valence-corrected chi connectivity index (χ1v) is 6.97. The number of rotatable bonds is 7. The van der Waals surface area contributed by atoms with E-state index in [1.54, 1.807) is 11.8 Å². The van der Waals surface area contributed by atoms with Gasteiger partial charge in [0, 0.05) is 25.4 Å². The van der Waals surface area contributed by atoms with Crippen LogP contribution in [0.4, 0.5) is 0 Å². The number of carbonyl (C=O) groups excluding carboxylic acids is 1. The standard InChI is InChI=1S/C11H24N2OS/c1-5-9(7-12)11(14)13(3)10(6-2)8-15-4/h9-10H,5-8,12H2,1-4H3. The molecule has 0 rings (SSSR count). The normalized spacial score (nSPS) is 14.7. The van der Waals surface area contributed by atoms with E-state index in [0.29, 0.717) is 12.6 Å². The van der Waals surface area contributed by atoms with Gasteiger partial charge in [-0.15, -0.1) is 0 Å². The van der Waals surface area contributed by atoms with Crippen LogP contribution in [-0.4, -0.2) is 42.4 Å². The molecule has 15 heavy (non-hydrogen) atoms. The molecule has 3 nitrogen and oxygen atoms in total. The summed E-state index contributed by atoms with van der Waals surface area (Å²) in [6.45, 7) is 4.59. The van der Waals surface area contributed by atoms with Crippen LogP contribution in [0.25, 0.3) is 0 Å². The predicted molar refractivity (Wildman–Crippen MR) is 68.1 cm³/mol. The molecule has 0 fully saturated rings. The summed E-state index contributed by atoms with van der Waals surface area (Å²) >= 11 is 1.78. The third-order valence-corrected chi connectivity index (χ3v) is 3.57. The number of carbonyl (C=O) groups is 1. The molecule has 0 bridgehead atoms. The second-order valence-electron chi connectivity index (χ2n) is 3.81. The highest BCUT2D eigenvalue weighted by molar-refractivity contribution is 7.98. The van der Waals surface area contributed by atoms with Gasteiger partial charge >= 0.3 is 0 Å². The highest BCUT2D eigenvalue weighted by Gasteiger charge is 2.23. The molecule has 2 atom stereocenters. The first-order chi connectivity index (χ1) is 7.12. The fourth-order valence-electron chi connectivity index (χ4n) is 1.61. The average molecular weight is 232 g/mol. The van der Waals surface area contributed by atoms with Crippen molar-refractivity contribution in [3.8, 4) is 0 Å². The Hall–Kier alpha value is -0.220. The minimum atomic E-state index is -0.00842. The smallest absolute Gasteiger partial charge is 0.226 e. The maximum Gasteiger partial charge on any atom is 0.226 e. The van der Waals surface area contributed by atoms with E-state index in [2.05, 4.69) is 13.2 Å². The minimum absolute atomic E-state index is 0.00842. The molecule has 2 unspecified atom stereocenters. The Labute approximate surface area is 97.8 Å². The van der Waals surface area contributed by atoms with Crippen LogP contribution in [0.2, 0.25) is 0 Å². The van der Waals surface area contributed by atoms with Gasteiger partial charge in [-0.2, -0.15) is 11.8 Å². The molecule has 1 amide bonds. The molecule has 0 aliphatic carbocycles. The number of nitrogens with two attached hydrogens (primary N) is 1. The molecular weight excluding hydrogens is 208 g/mol. The van der Waals surface area contributed by atoms with Crippen molar-refractivity contribution < 1.29 is 4.79 Å². The van der Waals surface area contributed by atoms with Gasteiger partial charge in [0.25, 0.3) is 0 Å². The van der Waals surface area contributed by atoms with Crippen molar-refractivity contribution in [2.24, 2.45) is 11.7 Å². The summed E-state index contributed by atoms with van der Waals surface area (Å²) in [6, 6.07) is 0.341. The topological polar surface area (TPSA) is 46.3 Å². The van der Waals surface area contributed by atoms with Crippen LogP contribution < -0.4 is 5.73 Å². The number of amides is 1. The lowest BCUT2D eigenvalue weighted by Gasteiger charge is -2.29. The second-order valence-corrected chi connectivity index (χ2v) is 4.72. The van der Waals surface area contributed by atoms with E-state index < -0.39 is 0 Å². The Morgan fingerprint density at radius 1 is 1.40 bits per heavy atom. The lowest BCUT2D eigenvalue weighted by Crippen LogP contribution is -2.43. The Balaban J connectivity index is 4.38. The van der Waals surface area contributed by atoms with Gasteiger partial charge in [-0.05, 0) is 19.1 Å². The Bertz CT molecular complexity index is 183. The summed E-state index contributed by atoms with van der Waals surface area (Å²) in [5.74, 6) is 1.19. The van der Waals surface area contributed by atoms with Gasteiger partial charge in [0.15, 0.2) is 0 Å². The van der Waals surface area contributed by atoms with Crippen molar-refractivity contribution in [1.82, 2.24) is 4.90 Å². The van der Waals surface area contributed by atoms with Crippen molar-refractivity contribution >= 4 is 17.7 Å². The molecule has 0 saturated heterocycles. The minimum Gasteiger partial charge on any atom is -0.342 e. The zero-order valence-electron chi connectivity index (χ0n) is 10.3. The predicted octanol–water partition coefficient (Wildman–Crippen LogP) is 1.57. The molecule has 0 heterocycles. The van der Waals surface area contributed by atoms with Gasteiger partial charge in [0.2, 0.25) is 5.91 Å². The zero-order chi connectivity index (χ0) is 11.8. The monoisotopic (exact) mass is 232 g/mol. The Morgan fingerprint density at radius 2 is 2.00 bits per heavy atom. The molecule has 0 spiro atoms. The first-order valence-electron chi connectivity index (χ1n) is 5.57. The van der Waals surface area contributed by atoms with Crippen LogP contribution in [0.1, 0.15) is 26.7 Å². The Kier molecular flexibility index (Phi) is 7.88. The van der Waals surface area contributed by atoms with Crippen LogP contribution in [0.15, 0.2) is 0 Å². The molecule has 0 aliphatic rings. The van der Waals surface area contributed by atoms with Crippen molar-refractivity contribution in [3.05, 3.63) is 0 Å². The highest BCUT2D eigenvalue weighted by atomic mass is 32.2. The summed E-state index contributed by atoms with van der Waals surface area (Å²) in [5, 5.41) is 0. The van der Waals surface area contributed by atoms with Crippen LogP contribution in [-0.2, 0) is 4.79 Å². The first kappa shape index (κ1) is 14.8. The van der Waals surface area contributed by atoms with Crippen molar-refractivity contribution in [1.29, 1.82) is 0 Å². The largest absolute Gasteiger partial charge is 0.342 e. The molecule has 0 radical (unpaired) electrons. The van der Waals surface area contributed by atoms with Gasteiger partial charge < -0.3 is 10.6 Å². The molecule has 2 N–H and O–H groups in total. The third kappa shape index (κ3) is 4.43. The summed E-state index contributed by atoms with van der Waals surface area (Å²) in [7, 11) is 1.89. The van der Waals surface area contributed by atoms with Crippen LogP contribution in [0.5, 0.6) is 0 Å². The van der Waals surface area contributed by atoms with Gasteiger partial charge in [-0.1, -0.05) is 13.8 Å². The molecule has 0 aromatic heterocycles. The second kappa shape index (κ2) is 7.99. The van der Waals surface area contributed by atoms with Crippen LogP contribution in [0, 0.1) is 5.92 Å². The quantitative estimate of drug-likeness (QED) is 0.725. The summed E-state index contributed by atoms with van der Waals surface area (Å²) in [6.07, 6.45) is 3.90. The van der Waals surface area contributed by atoms with E-state index in [9.17, 15) is 4.79 Å². The fourth-order valence-corrected chi connectivity index (χ4v) is 2.45. The summed E-state index contributed by atoms with van der Waals surface area (Å²) in [4.78, 5) is 13.9. The molecule has 0 aromatic rings. The lowest BCUT2D eigenvalue weighted by molar-refractivity contribution is -0.135. The summed E-state index contributed by atoms with van der Waals surface area (Å²) < 4.78 is 0. The van der Waals surface area contributed by atoms with Crippen molar-refractivity contribution in [3.63, 3.8) is 0 Å². The van der Waals surface area contributed by atoms with E-state index in [1.807, 2.05) is 18.9 Å². The van der Waals surface area contributed by atoms with Crippen LogP contribution in [0.3, 0.4) is 0 Å². The zero-order valence-corrected chi connectivity index (χ0v) is 11.1. The van der Waals surface area contributed by atoms with Gasteiger partial charge in [0.1, 0.15) is 0 Å². The Morgan fingerprint density at radius 3 is 2.33 bits per heavy atom. The maximum absolute atomic E-state index is 12.0.